The van der Waals surface area contributed by atoms with Crippen molar-refractivity contribution in [1.29, 1.82) is 0 Å². The van der Waals surface area contributed by atoms with Gasteiger partial charge < -0.3 is 10.2 Å². The molecule has 1 amide bonds. The number of anilines is 2. The minimum Gasteiger partial charge on any atom is -0.362 e. The number of nitrogens with one attached hydrogen (secondary N) is 1. The van der Waals surface area contributed by atoms with Gasteiger partial charge in [-0.2, -0.15) is 5.10 Å². The van der Waals surface area contributed by atoms with Gasteiger partial charge in [0.05, 0.1) is 19.3 Å². The Labute approximate surface area is 153 Å². The molecule has 1 aliphatic heterocycles. The summed E-state index contributed by atoms with van der Waals surface area (Å²) in [7, 11) is 0. The number of nitrogens with zero attached hydrogens (tertiary/aromatic N) is 3. The highest BCUT2D eigenvalue weighted by atomic mass is 16.2. The molecule has 1 aromatic heterocycles. The van der Waals surface area contributed by atoms with E-state index in [4.69, 9.17) is 0 Å². The van der Waals surface area contributed by atoms with Crippen LogP contribution < -0.4 is 10.2 Å². The van der Waals surface area contributed by atoms with Gasteiger partial charge >= 0.3 is 0 Å². The van der Waals surface area contributed by atoms with Crippen molar-refractivity contribution in [2.75, 3.05) is 23.3 Å². The van der Waals surface area contributed by atoms with E-state index in [1.54, 1.807) is 6.20 Å². The molecule has 0 spiro atoms. The predicted molar refractivity (Wildman–Crippen MR) is 103 cm³/mol. The fourth-order valence-corrected chi connectivity index (χ4v) is 3.45. The molecule has 3 aromatic rings. The Morgan fingerprint density at radius 3 is 2.73 bits per heavy atom. The average Bonchev–Trinajstić information content (AvgIpc) is 3.09. The van der Waals surface area contributed by atoms with E-state index in [2.05, 4.69) is 45.6 Å². The van der Waals surface area contributed by atoms with Crippen molar-refractivity contribution in [3.63, 3.8) is 0 Å². The lowest BCUT2D eigenvalue weighted by Gasteiger charge is -2.30. The molecule has 0 saturated carbocycles. The molecule has 0 unspecified atom stereocenters. The highest BCUT2D eigenvalue weighted by Crippen LogP contribution is 2.26. The summed E-state index contributed by atoms with van der Waals surface area (Å²) >= 11 is 0. The molecule has 0 fully saturated rings. The molecule has 2 heterocycles. The van der Waals surface area contributed by atoms with Crippen LogP contribution >= 0.6 is 0 Å². The summed E-state index contributed by atoms with van der Waals surface area (Å²) in [5.41, 5.74) is 3.64. The van der Waals surface area contributed by atoms with Crippen LogP contribution in [0, 0.1) is 0 Å². The first kappa shape index (κ1) is 16.4. The SMILES string of the molecule is O=C(CN1CCCc2ccccc21)Nc1ccnn1Cc1ccccc1. The molecule has 0 radical (unpaired) electrons. The third kappa shape index (κ3) is 3.61. The Kier molecular flexibility index (Phi) is 4.69. The maximum atomic E-state index is 12.6. The fraction of sp³-hybridized carbons (Fsp3) is 0.238. The molecule has 132 valence electrons. The van der Waals surface area contributed by atoms with Gasteiger partial charge in [-0.05, 0) is 30.0 Å². The quantitative estimate of drug-likeness (QED) is 0.771. The third-order valence-corrected chi connectivity index (χ3v) is 4.70. The van der Waals surface area contributed by atoms with Gasteiger partial charge in [-0.1, -0.05) is 48.5 Å². The zero-order valence-electron chi connectivity index (χ0n) is 14.6. The second-order valence-electron chi connectivity index (χ2n) is 6.56. The largest absolute Gasteiger partial charge is 0.362 e. The lowest BCUT2D eigenvalue weighted by Crippen LogP contribution is -2.37. The van der Waals surface area contributed by atoms with Crippen LogP contribution in [0.25, 0.3) is 0 Å². The summed E-state index contributed by atoms with van der Waals surface area (Å²) < 4.78 is 1.82. The number of aryl methyl sites for hydroxylation is 1. The molecule has 0 aliphatic carbocycles. The number of aromatic nitrogens is 2. The molecule has 5 heteroatoms. The number of benzene rings is 2. The lowest BCUT2D eigenvalue weighted by atomic mass is 10.0. The summed E-state index contributed by atoms with van der Waals surface area (Å²) in [4.78, 5) is 14.8. The Morgan fingerprint density at radius 2 is 1.85 bits per heavy atom. The molecular weight excluding hydrogens is 324 g/mol. The van der Waals surface area contributed by atoms with Gasteiger partial charge in [0.25, 0.3) is 0 Å². The van der Waals surface area contributed by atoms with E-state index in [1.807, 2.05) is 35.0 Å². The van der Waals surface area contributed by atoms with Crippen molar-refractivity contribution in [3.05, 3.63) is 78.0 Å². The van der Waals surface area contributed by atoms with Gasteiger partial charge in [0.2, 0.25) is 5.91 Å². The minimum atomic E-state index is -0.0171. The van der Waals surface area contributed by atoms with Crippen molar-refractivity contribution >= 4 is 17.4 Å². The molecule has 26 heavy (non-hydrogen) atoms. The van der Waals surface area contributed by atoms with Gasteiger partial charge in [-0.15, -0.1) is 0 Å². The Hall–Kier alpha value is -3.08. The van der Waals surface area contributed by atoms with Crippen LogP contribution in [0.15, 0.2) is 66.9 Å². The van der Waals surface area contributed by atoms with Crippen LogP contribution in [0.5, 0.6) is 0 Å². The normalized spacial score (nSPS) is 13.3. The summed E-state index contributed by atoms with van der Waals surface area (Å²) in [6.07, 6.45) is 3.88. The maximum absolute atomic E-state index is 12.6. The molecule has 5 nitrogen and oxygen atoms in total. The zero-order chi connectivity index (χ0) is 17.8. The number of rotatable bonds is 5. The van der Waals surface area contributed by atoms with E-state index in [0.717, 1.165) is 30.8 Å². The standard InChI is InChI=1S/C21H22N4O/c26-21(16-24-14-6-10-18-9-4-5-11-19(18)24)23-20-12-13-22-25(20)15-17-7-2-1-3-8-17/h1-5,7-9,11-13H,6,10,14-16H2,(H,23,26). The summed E-state index contributed by atoms with van der Waals surface area (Å²) in [5, 5.41) is 7.34. The van der Waals surface area contributed by atoms with Gasteiger partial charge in [0.15, 0.2) is 0 Å². The van der Waals surface area contributed by atoms with E-state index < -0.39 is 0 Å². The maximum Gasteiger partial charge on any atom is 0.245 e. The van der Waals surface area contributed by atoms with Crippen LogP contribution in [0.1, 0.15) is 17.5 Å². The van der Waals surface area contributed by atoms with Crippen LogP contribution in [0.2, 0.25) is 0 Å². The molecule has 0 saturated heterocycles. The second kappa shape index (κ2) is 7.44. The topological polar surface area (TPSA) is 50.2 Å². The first-order valence-electron chi connectivity index (χ1n) is 8.98. The fourth-order valence-electron chi connectivity index (χ4n) is 3.45. The predicted octanol–water partition coefficient (Wildman–Crippen LogP) is 3.32. The lowest BCUT2D eigenvalue weighted by molar-refractivity contribution is -0.115. The molecule has 0 bridgehead atoms. The second-order valence-corrected chi connectivity index (χ2v) is 6.56. The number of fused-ring (bicyclic) bond motifs is 1. The number of para-hydroxylation sites is 1. The first-order valence-corrected chi connectivity index (χ1v) is 8.98. The average molecular weight is 346 g/mol. The van der Waals surface area contributed by atoms with Crippen molar-refractivity contribution in [2.45, 2.75) is 19.4 Å². The third-order valence-electron chi connectivity index (χ3n) is 4.70. The highest BCUT2D eigenvalue weighted by molar-refractivity contribution is 5.93. The Bertz CT molecular complexity index is 888. The first-order chi connectivity index (χ1) is 12.8. The van der Waals surface area contributed by atoms with Crippen molar-refractivity contribution in [1.82, 2.24) is 9.78 Å². The molecule has 1 aliphatic rings. The van der Waals surface area contributed by atoms with Gasteiger partial charge in [0.1, 0.15) is 5.82 Å². The number of hydrogen-bond acceptors (Lipinski definition) is 3. The van der Waals surface area contributed by atoms with E-state index in [0.29, 0.717) is 13.1 Å². The Morgan fingerprint density at radius 1 is 1.04 bits per heavy atom. The van der Waals surface area contributed by atoms with E-state index in [1.165, 1.54) is 11.3 Å². The number of hydrogen-bond donors (Lipinski definition) is 1. The van der Waals surface area contributed by atoms with Crippen LogP contribution in [-0.2, 0) is 17.8 Å². The van der Waals surface area contributed by atoms with E-state index in [9.17, 15) is 4.79 Å². The molecule has 0 atom stereocenters. The number of carbonyl (C=O) groups is 1. The number of amides is 1. The van der Waals surface area contributed by atoms with Crippen LogP contribution in [0.3, 0.4) is 0 Å². The van der Waals surface area contributed by atoms with Gasteiger partial charge in [-0.25, -0.2) is 4.68 Å². The minimum absolute atomic E-state index is 0.0171. The Balaban J connectivity index is 1.43. The molecule has 1 N–H and O–H groups in total. The van der Waals surface area contributed by atoms with Gasteiger partial charge in [0, 0.05) is 18.3 Å². The smallest absolute Gasteiger partial charge is 0.245 e. The summed E-state index contributed by atoms with van der Waals surface area (Å²) in [5.74, 6) is 0.709. The number of carbonyl (C=O) groups excluding carboxylic acids is 1. The monoisotopic (exact) mass is 346 g/mol. The zero-order valence-corrected chi connectivity index (χ0v) is 14.6. The summed E-state index contributed by atoms with van der Waals surface area (Å²) in [6.45, 7) is 1.90. The van der Waals surface area contributed by atoms with Crippen molar-refractivity contribution < 1.29 is 4.79 Å². The molecular formula is C21H22N4O. The van der Waals surface area contributed by atoms with E-state index >= 15 is 0 Å². The van der Waals surface area contributed by atoms with Crippen molar-refractivity contribution in [3.8, 4) is 0 Å². The van der Waals surface area contributed by atoms with Crippen LogP contribution in [0.4, 0.5) is 11.5 Å². The molecule has 4 rings (SSSR count). The highest BCUT2D eigenvalue weighted by Gasteiger charge is 2.19. The van der Waals surface area contributed by atoms with E-state index in [-0.39, 0.29) is 5.91 Å². The van der Waals surface area contributed by atoms with Crippen molar-refractivity contribution in [2.24, 2.45) is 0 Å². The van der Waals surface area contributed by atoms with Crippen LogP contribution in [-0.4, -0.2) is 28.8 Å². The summed E-state index contributed by atoms with van der Waals surface area (Å²) in [6, 6.07) is 20.3. The molecule has 2 aromatic carbocycles. The van der Waals surface area contributed by atoms with Gasteiger partial charge in [-0.3, -0.25) is 4.79 Å².